The van der Waals surface area contributed by atoms with E-state index < -0.39 is 0 Å². The minimum Gasteiger partial charge on any atom is -0.496 e. The third-order valence-electron chi connectivity index (χ3n) is 4.30. The van der Waals surface area contributed by atoms with Crippen molar-refractivity contribution in [3.63, 3.8) is 0 Å². The lowest BCUT2D eigenvalue weighted by molar-refractivity contribution is 0.221. The Hall–Kier alpha value is -1.06. The van der Waals surface area contributed by atoms with Crippen LogP contribution in [-0.4, -0.2) is 38.2 Å². The molecule has 0 aromatic heterocycles. The van der Waals surface area contributed by atoms with E-state index >= 15 is 0 Å². The largest absolute Gasteiger partial charge is 0.496 e. The first-order valence-electron chi connectivity index (χ1n) is 7.76. The Labute approximate surface area is 123 Å². The van der Waals surface area contributed by atoms with Gasteiger partial charge in [0.05, 0.1) is 7.11 Å². The molecule has 1 unspecified atom stereocenters. The molecular formula is C17H28N2O. The van der Waals surface area contributed by atoms with Crippen LogP contribution in [0.4, 0.5) is 0 Å². The summed E-state index contributed by atoms with van der Waals surface area (Å²) in [7, 11) is 1.78. The maximum Gasteiger partial charge on any atom is 0.123 e. The topological polar surface area (TPSA) is 24.5 Å². The minimum absolute atomic E-state index is 0.408. The molecule has 1 aliphatic heterocycles. The maximum absolute atomic E-state index is 5.64. The second-order valence-corrected chi connectivity index (χ2v) is 5.97. The fraction of sp³-hybridized carbons (Fsp3) is 0.647. The van der Waals surface area contributed by atoms with Gasteiger partial charge in [0, 0.05) is 24.7 Å². The highest BCUT2D eigenvalue weighted by Crippen LogP contribution is 2.32. The average molecular weight is 276 g/mol. The van der Waals surface area contributed by atoms with E-state index in [4.69, 9.17) is 4.74 Å². The smallest absolute Gasteiger partial charge is 0.123 e. The Bertz CT molecular complexity index is 423. The average Bonchev–Trinajstić information content (AvgIpc) is 2.74. The van der Waals surface area contributed by atoms with E-state index in [1.165, 1.54) is 17.5 Å². The van der Waals surface area contributed by atoms with Crippen molar-refractivity contribution < 1.29 is 4.74 Å². The minimum atomic E-state index is 0.408. The van der Waals surface area contributed by atoms with Crippen molar-refractivity contribution in [3.05, 3.63) is 29.3 Å². The molecule has 1 aliphatic rings. The number of rotatable bonds is 4. The van der Waals surface area contributed by atoms with Gasteiger partial charge in [0.25, 0.3) is 0 Å². The molecule has 112 valence electrons. The molecule has 0 spiro atoms. The molecule has 3 heteroatoms. The zero-order valence-electron chi connectivity index (χ0n) is 13.3. The van der Waals surface area contributed by atoms with E-state index in [-0.39, 0.29) is 0 Å². The van der Waals surface area contributed by atoms with Gasteiger partial charge in [-0.2, -0.15) is 0 Å². The van der Waals surface area contributed by atoms with Crippen molar-refractivity contribution in [2.45, 2.75) is 39.2 Å². The van der Waals surface area contributed by atoms with Crippen molar-refractivity contribution in [2.24, 2.45) is 0 Å². The van der Waals surface area contributed by atoms with Crippen LogP contribution in [0.15, 0.2) is 18.2 Å². The molecule has 0 bridgehead atoms. The Morgan fingerprint density at radius 2 is 1.95 bits per heavy atom. The van der Waals surface area contributed by atoms with E-state index in [9.17, 15) is 0 Å². The molecule has 0 amide bonds. The van der Waals surface area contributed by atoms with Crippen LogP contribution in [0.1, 0.15) is 50.3 Å². The van der Waals surface area contributed by atoms with Gasteiger partial charge < -0.3 is 10.1 Å². The summed E-state index contributed by atoms with van der Waals surface area (Å²) in [5.74, 6) is 1.57. The van der Waals surface area contributed by atoms with Crippen molar-refractivity contribution in [1.82, 2.24) is 10.2 Å². The van der Waals surface area contributed by atoms with E-state index in [1.807, 2.05) is 0 Å². The summed E-state index contributed by atoms with van der Waals surface area (Å²) in [5.41, 5.74) is 2.65. The standard InChI is InChI=1S/C17H28N2O/c1-13(2)15-6-7-16(17(12-15)20-4)14(3)19-10-5-8-18-9-11-19/h6-7,12-14,18H,5,8-11H2,1-4H3. The van der Waals surface area contributed by atoms with Gasteiger partial charge in [-0.05, 0) is 44.0 Å². The fourth-order valence-corrected chi connectivity index (χ4v) is 2.88. The second-order valence-electron chi connectivity index (χ2n) is 5.97. The van der Waals surface area contributed by atoms with Gasteiger partial charge in [0.15, 0.2) is 0 Å². The molecule has 0 radical (unpaired) electrons. The number of ether oxygens (including phenoxy) is 1. The lowest BCUT2D eigenvalue weighted by atomic mass is 9.97. The van der Waals surface area contributed by atoms with Crippen LogP contribution in [0.5, 0.6) is 5.75 Å². The highest BCUT2D eigenvalue weighted by molar-refractivity contribution is 5.40. The van der Waals surface area contributed by atoms with Crippen LogP contribution in [0.2, 0.25) is 0 Å². The Morgan fingerprint density at radius 3 is 2.65 bits per heavy atom. The molecule has 2 rings (SSSR count). The molecule has 0 aliphatic carbocycles. The monoisotopic (exact) mass is 276 g/mol. The normalized spacial score (nSPS) is 18.9. The predicted molar refractivity (Wildman–Crippen MR) is 84.6 cm³/mol. The Kier molecular flexibility index (Phi) is 5.44. The quantitative estimate of drug-likeness (QED) is 0.914. The highest BCUT2D eigenvalue weighted by Gasteiger charge is 2.20. The first-order chi connectivity index (χ1) is 9.63. The lowest BCUT2D eigenvalue weighted by Gasteiger charge is -2.29. The number of methoxy groups -OCH3 is 1. The number of hydrogen-bond acceptors (Lipinski definition) is 3. The zero-order chi connectivity index (χ0) is 14.5. The summed E-state index contributed by atoms with van der Waals surface area (Å²) in [5, 5.41) is 3.46. The summed E-state index contributed by atoms with van der Waals surface area (Å²) in [6.07, 6.45) is 1.22. The summed E-state index contributed by atoms with van der Waals surface area (Å²) in [6, 6.07) is 7.10. The summed E-state index contributed by atoms with van der Waals surface area (Å²) in [4.78, 5) is 2.55. The lowest BCUT2D eigenvalue weighted by Crippen LogP contribution is -2.31. The number of nitrogens with zero attached hydrogens (tertiary/aromatic N) is 1. The summed E-state index contributed by atoms with van der Waals surface area (Å²) in [6.45, 7) is 11.2. The molecule has 3 nitrogen and oxygen atoms in total. The first-order valence-corrected chi connectivity index (χ1v) is 7.76. The highest BCUT2D eigenvalue weighted by atomic mass is 16.5. The summed E-state index contributed by atoms with van der Waals surface area (Å²) < 4.78 is 5.64. The third-order valence-corrected chi connectivity index (χ3v) is 4.30. The molecule has 1 heterocycles. The fourth-order valence-electron chi connectivity index (χ4n) is 2.88. The van der Waals surface area contributed by atoms with Crippen molar-refractivity contribution >= 4 is 0 Å². The van der Waals surface area contributed by atoms with Gasteiger partial charge in [0.1, 0.15) is 5.75 Å². The second kappa shape index (κ2) is 7.09. The number of benzene rings is 1. The van der Waals surface area contributed by atoms with E-state index in [0.717, 1.165) is 31.9 Å². The van der Waals surface area contributed by atoms with Crippen LogP contribution in [0.25, 0.3) is 0 Å². The predicted octanol–water partition coefficient (Wildman–Crippen LogP) is 3.17. The zero-order valence-corrected chi connectivity index (χ0v) is 13.3. The van der Waals surface area contributed by atoms with Crippen molar-refractivity contribution in [3.8, 4) is 5.75 Å². The van der Waals surface area contributed by atoms with Gasteiger partial charge in [-0.25, -0.2) is 0 Å². The summed E-state index contributed by atoms with van der Waals surface area (Å²) >= 11 is 0. The van der Waals surface area contributed by atoms with Crippen LogP contribution in [0.3, 0.4) is 0 Å². The van der Waals surface area contributed by atoms with E-state index in [0.29, 0.717) is 12.0 Å². The Balaban J connectivity index is 2.21. The van der Waals surface area contributed by atoms with Crippen LogP contribution in [0, 0.1) is 0 Å². The number of hydrogen-bond donors (Lipinski definition) is 1. The molecule has 0 saturated carbocycles. The molecule has 1 aromatic carbocycles. The molecular weight excluding hydrogens is 248 g/mol. The van der Waals surface area contributed by atoms with Gasteiger partial charge in [-0.15, -0.1) is 0 Å². The third kappa shape index (κ3) is 3.53. The van der Waals surface area contributed by atoms with Gasteiger partial charge in [-0.1, -0.05) is 26.0 Å². The molecule has 1 fully saturated rings. The Morgan fingerprint density at radius 1 is 1.15 bits per heavy atom. The molecule has 1 N–H and O–H groups in total. The van der Waals surface area contributed by atoms with Gasteiger partial charge in [0.2, 0.25) is 0 Å². The maximum atomic E-state index is 5.64. The van der Waals surface area contributed by atoms with Gasteiger partial charge >= 0.3 is 0 Å². The molecule has 1 aromatic rings. The first kappa shape index (κ1) is 15.3. The van der Waals surface area contributed by atoms with Crippen molar-refractivity contribution in [1.29, 1.82) is 0 Å². The number of nitrogens with one attached hydrogen (secondary N) is 1. The SMILES string of the molecule is COc1cc(C(C)C)ccc1C(C)N1CCCNCC1. The van der Waals surface area contributed by atoms with Gasteiger partial charge in [-0.3, -0.25) is 4.90 Å². The molecule has 1 saturated heterocycles. The molecule has 20 heavy (non-hydrogen) atoms. The van der Waals surface area contributed by atoms with Crippen LogP contribution >= 0.6 is 0 Å². The van der Waals surface area contributed by atoms with E-state index in [1.54, 1.807) is 7.11 Å². The van der Waals surface area contributed by atoms with Crippen LogP contribution in [-0.2, 0) is 0 Å². The van der Waals surface area contributed by atoms with E-state index in [2.05, 4.69) is 49.2 Å². The van der Waals surface area contributed by atoms with Crippen molar-refractivity contribution in [2.75, 3.05) is 33.3 Å². The van der Waals surface area contributed by atoms with Crippen LogP contribution < -0.4 is 10.1 Å². The molecule has 1 atom stereocenters.